The number of H-pyrrole nitrogens is 1. The van der Waals surface area contributed by atoms with E-state index in [4.69, 9.17) is 9.98 Å². The van der Waals surface area contributed by atoms with Gasteiger partial charge in [0.2, 0.25) is 0 Å². The quantitative estimate of drug-likeness (QED) is 0.215. The van der Waals surface area contributed by atoms with Gasteiger partial charge in [0.25, 0.3) is 0 Å². The van der Waals surface area contributed by atoms with E-state index < -0.39 is 24.2 Å². The number of nitrogens with one attached hydrogen (secondary N) is 1. The summed E-state index contributed by atoms with van der Waals surface area (Å²) in [6.45, 7) is 2.34. The summed E-state index contributed by atoms with van der Waals surface area (Å²) in [4.78, 5) is 15.4. The minimum Gasteiger partial charge on any atom is -0.508 e. The number of rotatable bonds is 5. The first-order valence-electron chi connectivity index (χ1n) is 13.9. The highest BCUT2D eigenvalue weighted by molar-refractivity contribution is 6.32. The lowest BCUT2D eigenvalue weighted by atomic mass is 9.90. The first-order chi connectivity index (χ1) is 20.6. The van der Waals surface area contributed by atoms with Crippen molar-refractivity contribution in [3.8, 4) is 22.6 Å². The van der Waals surface area contributed by atoms with E-state index in [0.717, 1.165) is 83.4 Å². The molecule has 3 heterocycles. The first kappa shape index (κ1) is 27.2. The zero-order valence-corrected chi connectivity index (χ0v) is 22.8. The van der Waals surface area contributed by atoms with Crippen LogP contribution in [0.2, 0.25) is 0 Å². The van der Waals surface area contributed by atoms with Crippen LogP contribution in [0.5, 0.6) is 11.5 Å². The normalized spacial score (nSPS) is 16.2. The van der Waals surface area contributed by atoms with E-state index in [9.17, 15) is 27.8 Å². The highest BCUT2D eigenvalue weighted by Crippen LogP contribution is 2.43. The molecule has 6 nitrogen and oxygen atoms in total. The van der Waals surface area contributed by atoms with Gasteiger partial charge in [0, 0.05) is 49.2 Å². The Morgan fingerprint density at radius 1 is 0.977 bits per heavy atom. The van der Waals surface area contributed by atoms with E-state index in [-0.39, 0.29) is 16.9 Å². The Morgan fingerprint density at radius 2 is 1.79 bits per heavy atom. The molecule has 0 atom stereocenters. The number of alkyl halides is 3. The van der Waals surface area contributed by atoms with Crippen LogP contribution < -0.4 is 0 Å². The molecule has 2 aliphatic heterocycles. The van der Waals surface area contributed by atoms with E-state index in [1.54, 1.807) is 30.3 Å². The lowest BCUT2D eigenvalue weighted by Crippen LogP contribution is -2.30. The number of aromatic hydroxyl groups is 2. The van der Waals surface area contributed by atoms with Crippen LogP contribution in [-0.4, -0.2) is 43.5 Å². The van der Waals surface area contributed by atoms with Crippen molar-refractivity contribution in [1.82, 2.24) is 14.9 Å². The molecule has 1 aliphatic carbocycles. The highest BCUT2D eigenvalue weighted by Gasteiger charge is 2.31. The highest BCUT2D eigenvalue weighted by atomic mass is 19.4. The number of allylic oxidation sites excluding steroid dienone is 4. The van der Waals surface area contributed by atoms with Crippen molar-refractivity contribution in [2.45, 2.75) is 38.5 Å². The monoisotopic (exact) mass is 586 g/mol. The number of nitrogens with zero attached hydrogens (tertiary/aromatic N) is 3. The summed E-state index contributed by atoms with van der Waals surface area (Å²) in [6, 6.07) is 14.1. The van der Waals surface area contributed by atoms with Crippen molar-refractivity contribution in [3.05, 3.63) is 106 Å². The summed E-state index contributed by atoms with van der Waals surface area (Å²) in [5, 5.41) is 19.3. The minimum atomic E-state index is -4.53. The fourth-order valence-corrected chi connectivity index (χ4v) is 6.00. The summed E-state index contributed by atoms with van der Waals surface area (Å²) in [5.74, 6) is -0.804. The third kappa shape index (κ3) is 5.34. The predicted molar refractivity (Wildman–Crippen MR) is 155 cm³/mol. The number of aliphatic imine (C=N–C) groups is 1. The Bertz CT molecular complexity index is 1850. The summed E-state index contributed by atoms with van der Waals surface area (Å²) in [6.07, 6.45) is -0.399. The number of fused-ring (bicyclic) bond motifs is 4. The van der Waals surface area contributed by atoms with Gasteiger partial charge in [-0.2, -0.15) is 13.2 Å². The van der Waals surface area contributed by atoms with Crippen molar-refractivity contribution in [3.63, 3.8) is 0 Å². The molecular formula is C33H26F4N4O2. The van der Waals surface area contributed by atoms with Gasteiger partial charge in [-0.15, -0.1) is 0 Å². The molecule has 1 aromatic heterocycles. The minimum absolute atomic E-state index is 0.0756. The number of hydrogen-bond acceptors (Lipinski definition) is 5. The Balaban J connectivity index is 1.16. The molecule has 0 radical (unpaired) electrons. The Morgan fingerprint density at radius 3 is 2.58 bits per heavy atom. The van der Waals surface area contributed by atoms with Crippen LogP contribution in [0.3, 0.4) is 0 Å². The summed E-state index contributed by atoms with van der Waals surface area (Å²) in [7, 11) is 0. The molecule has 218 valence electrons. The third-order valence-electron chi connectivity index (χ3n) is 8.07. The zero-order valence-electron chi connectivity index (χ0n) is 22.8. The Kier molecular flexibility index (Phi) is 6.46. The number of phenolic OH excluding ortho intramolecular Hbond substituents is 2. The molecule has 7 rings (SSSR count). The number of benzene rings is 3. The summed E-state index contributed by atoms with van der Waals surface area (Å²) < 4.78 is 54.2. The molecule has 43 heavy (non-hydrogen) atoms. The number of hydrogen-bond donors (Lipinski definition) is 3. The van der Waals surface area contributed by atoms with Crippen LogP contribution in [0.4, 0.5) is 23.2 Å². The largest absolute Gasteiger partial charge is 0.508 e. The predicted octanol–water partition coefficient (Wildman–Crippen LogP) is 7.25. The van der Waals surface area contributed by atoms with Crippen molar-refractivity contribution in [2.24, 2.45) is 4.99 Å². The van der Waals surface area contributed by atoms with Crippen LogP contribution in [0.1, 0.15) is 40.3 Å². The van der Waals surface area contributed by atoms with E-state index >= 15 is 0 Å². The topological polar surface area (TPSA) is 84.7 Å². The van der Waals surface area contributed by atoms with Crippen LogP contribution in [0.25, 0.3) is 22.3 Å². The molecule has 0 saturated carbocycles. The van der Waals surface area contributed by atoms with E-state index in [2.05, 4.69) is 16.0 Å². The number of aromatic nitrogens is 2. The van der Waals surface area contributed by atoms with Crippen LogP contribution in [0, 0.1) is 5.82 Å². The molecule has 0 fully saturated rings. The van der Waals surface area contributed by atoms with Gasteiger partial charge in [-0.3, -0.25) is 9.89 Å². The standard InChI is InChI=1S/C33H26F4N4O2/c34-26-14-23(21(13-31(26)43)15-33(35,36)37)19-3-7-27-24(11-19)25-12-20(4-8-28(25)38-27)32-39-29-9-10-41(17-30(29)40-32)16-18-1-5-22(42)6-2-18/h1-7,11-14,42-43H,8-10,15-17H2,(H,39,40). The number of halogens is 4. The molecule has 3 aromatic carbocycles. The van der Waals surface area contributed by atoms with Gasteiger partial charge < -0.3 is 15.2 Å². The van der Waals surface area contributed by atoms with Gasteiger partial charge in [-0.1, -0.05) is 24.3 Å². The molecule has 3 aliphatic rings. The summed E-state index contributed by atoms with van der Waals surface area (Å²) in [5.41, 5.74) is 7.53. The van der Waals surface area contributed by atoms with Gasteiger partial charge >= 0.3 is 6.18 Å². The van der Waals surface area contributed by atoms with E-state index in [0.29, 0.717) is 17.7 Å². The molecule has 0 spiro atoms. The van der Waals surface area contributed by atoms with Crippen LogP contribution in [0.15, 0.2) is 71.7 Å². The van der Waals surface area contributed by atoms with Crippen molar-refractivity contribution in [2.75, 3.05) is 6.54 Å². The zero-order chi connectivity index (χ0) is 29.9. The molecule has 3 N–H and O–H groups in total. The lowest BCUT2D eigenvalue weighted by molar-refractivity contribution is -0.127. The number of imidazole rings is 1. The Labute approximate surface area is 244 Å². The Hall–Kier alpha value is -4.70. The van der Waals surface area contributed by atoms with E-state index in [1.807, 2.05) is 18.2 Å². The molecule has 4 aromatic rings. The molecular weight excluding hydrogens is 560 g/mol. The number of phenols is 2. The van der Waals surface area contributed by atoms with Gasteiger partial charge in [-0.05, 0) is 64.7 Å². The van der Waals surface area contributed by atoms with Crippen molar-refractivity contribution in [1.29, 1.82) is 0 Å². The molecule has 0 amide bonds. The SMILES string of the molecule is Oc1ccc(CN2CCc3nc(C4=CCC5=Nc6ccc(-c7cc(F)c(O)cc7CC(F)(F)F)cc6C5=C4)[nH]c3C2)cc1. The second-order valence-corrected chi connectivity index (χ2v) is 11.1. The van der Waals surface area contributed by atoms with Crippen molar-refractivity contribution < 1.29 is 27.8 Å². The second-order valence-electron chi connectivity index (χ2n) is 11.1. The van der Waals surface area contributed by atoms with Gasteiger partial charge in [0.1, 0.15) is 11.6 Å². The average molecular weight is 587 g/mol. The van der Waals surface area contributed by atoms with E-state index in [1.165, 1.54) is 0 Å². The number of aromatic amines is 1. The lowest BCUT2D eigenvalue weighted by Gasteiger charge is -2.25. The smallest absolute Gasteiger partial charge is 0.393 e. The maximum absolute atomic E-state index is 14.3. The summed E-state index contributed by atoms with van der Waals surface area (Å²) >= 11 is 0. The average Bonchev–Trinajstić information content (AvgIpc) is 3.56. The molecule has 0 unspecified atom stereocenters. The third-order valence-corrected chi connectivity index (χ3v) is 8.07. The maximum atomic E-state index is 14.3. The van der Waals surface area contributed by atoms with Crippen LogP contribution >= 0.6 is 0 Å². The molecule has 0 saturated heterocycles. The van der Waals surface area contributed by atoms with Crippen molar-refractivity contribution >= 4 is 22.5 Å². The molecule has 0 bridgehead atoms. The maximum Gasteiger partial charge on any atom is 0.393 e. The second kappa shape index (κ2) is 10.2. The van der Waals surface area contributed by atoms with Gasteiger partial charge in [-0.25, -0.2) is 9.37 Å². The van der Waals surface area contributed by atoms with Gasteiger partial charge in [0.05, 0.1) is 29.2 Å². The van der Waals surface area contributed by atoms with Crippen LogP contribution in [-0.2, 0) is 25.9 Å². The van der Waals surface area contributed by atoms with Gasteiger partial charge in [0.15, 0.2) is 11.6 Å². The fraction of sp³-hybridized carbons (Fsp3) is 0.212. The fourth-order valence-electron chi connectivity index (χ4n) is 6.00. The first-order valence-corrected chi connectivity index (χ1v) is 13.9. The molecule has 10 heteroatoms.